The van der Waals surface area contributed by atoms with Crippen LogP contribution in [-0.4, -0.2) is 49.8 Å². The molecule has 0 aromatic carbocycles. The van der Waals surface area contributed by atoms with Crippen molar-refractivity contribution in [3.63, 3.8) is 0 Å². The van der Waals surface area contributed by atoms with Crippen molar-refractivity contribution in [3.8, 4) is 0 Å². The van der Waals surface area contributed by atoms with Crippen molar-refractivity contribution in [1.29, 1.82) is 0 Å². The molecule has 1 amide bonds. The number of carbonyl (C=O) groups excluding carboxylic acids is 1. The Balaban J connectivity index is 0.00000113. The van der Waals surface area contributed by atoms with Crippen LogP contribution in [0.5, 0.6) is 0 Å². The first-order valence-electron chi connectivity index (χ1n) is 7.54. The van der Waals surface area contributed by atoms with Crippen LogP contribution >= 0.6 is 24.8 Å². The van der Waals surface area contributed by atoms with E-state index in [2.05, 4.69) is 20.3 Å². The van der Waals surface area contributed by atoms with Gasteiger partial charge >= 0.3 is 0 Å². The van der Waals surface area contributed by atoms with Gasteiger partial charge in [-0.25, -0.2) is 9.97 Å². The summed E-state index contributed by atoms with van der Waals surface area (Å²) in [4.78, 5) is 27.6. The summed E-state index contributed by atoms with van der Waals surface area (Å²) in [6, 6.07) is 3.83. The second-order valence-corrected chi connectivity index (χ2v) is 5.44. The number of halogens is 2. The van der Waals surface area contributed by atoms with Crippen molar-refractivity contribution < 1.29 is 4.79 Å². The Hall–Kier alpha value is -2.22. The minimum absolute atomic E-state index is 0. The summed E-state index contributed by atoms with van der Waals surface area (Å²) < 4.78 is 1.81. The van der Waals surface area contributed by atoms with E-state index in [1.165, 1.54) is 0 Å². The van der Waals surface area contributed by atoms with Gasteiger partial charge in [0.2, 0.25) is 0 Å². The summed E-state index contributed by atoms with van der Waals surface area (Å²) in [5.41, 5.74) is 1.98. The van der Waals surface area contributed by atoms with Crippen LogP contribution in [0, 0.1) is 0 Å². The molecule has 7 nitrogen and oxygen atoms in total. The SMILES string of the molecule is Cl.Cl.O=C(c1nccn2ccnc12)N1CCNCC1c1cccnc1. The lowest BCUT2D eigenvalue weighted by Crippen LogP contribution is -2.49. The van der Waals surface area contributed by atoms with Crippen molar-refractivity contribution in [2.45, 2.75) is 6.04 Å². The van der Waals surface area contributed by atoms with Gasteiger partial charge in [-0.3, -0.25) is 9.78 Å². The number of nitrogens with zero attached hydrogens (tertiary/aromatic N) is 5. The van der Waals surface area contributed by atoms with E-state index in [1.807, 2.05) is 33.8 Å². The van der Waals surface area contributed by atoms with Crippen LogP contribution in [0.25, 0.3) is 5.65 Å². The Morgan fingerprint density at radius 1 is 1.16 bits per heavy atom. The molecule has 1 aliphatic rings. The van der Waals surface area contributed by atoms with Gasteiger partial charge in [0.05, 0.1) is 6.04 Å². The molecule has 1 fully saturated rings. The molecule has 0 spiro atoms. The van der Waals surface area contributed by atoms with Gasteiger partial charge in [0.15, 0.2) is 11.3 Å². The van der Waals surface area contributed by atoms with E-state index in [9.17, 15) is 4.79 Å². The molecule has 0 saturated carbocycles. The third kappa shape index (κ3) is 3.58. The highest BCUT2D eigenvalue weighted by Gasteiger charge is 2.30. The smallest absolute Gasteiger partial charge is 0.276 e. The predicted molar refractivity (Wildman–Crippen MR) is 98.4 cm³/mol. The Morgan fingerprint density at radius 3 is 2.72 bits per heavy atom. The molecule has 4 rings (SSSR count). The van der Waals surface area contributed by atoms with Crippen LogP contribution < -0.4 is 5.32 Å². The molecule has 25 heavy (non-hydrogen) atoms. The van der Waals surface area contributed by atoms with Crippen LogP contribution in [0.1, 0.15) is 22.1 Å². The van der Waals surface area contributed by atoms with Gasteiger partial charge in [0, 0.05) is 56.8 Å². The monoisotopic (exact) mass is 380 g/mol. The highest BCUT2D eigenvalue weighted by Crippen LogP contribution is 2.23. The zero-order chi connectivity index (χ0) is 15.6. The molecule has 1 unspecified atom stereocenters. The zero-order valence-corrected chi connectivity index (χ0v) is 14.9. The maximum Gasteiger partial charge on any atom is 0.276 e. The molecule has 4 heterocycles. The van der Waals surface area contributed by atoms with Gasteiger partial charge in [-0.15, -0.1) is 24.8 Å². The Labute approximate surface area is 157 Å². The topological polar surface area (TPSA) is 75.4 Å². The fraction of sp³-hybridized carbons (Fsp3) is 0.250. The molecule has 0 aliphatic carbocycles. The minimum atomic E-state index is -0.0999. The fourth-order valence-corrected chi connectivity index (χ4v) is 2.96. The van der Waals surface area contributed by atoms with Crippen molar-refractivity contribution in [1.82, 2.24) is 29.6 Å². The Bertz CT molecular complexity index is 841. The largest absolute Gasteiger partial charge is 0.328 e. The van der Waals surface area contributed by atoms with Crippen LogP contribution in [0.3, 0.4) is 0 Å². The molecular weight excluding hydrogens is 363 g/mol. The van der Waals surface area contributed by atoms with Crippen LogP contribution in [0.4, 0.5) is 0 Å². The maximum absolute atomic E-state index is 13.1. The van der Waals surface area contributed by atoms with Gasteiger partial charge in [-0.2, -0.15) is 0 Å². The molecule has 1 N–H and O–H groups in total. The summed E-state index contributed by atoms with van der Waals surface area (Å²) in [7, 11) is 0. The molecule has 0 bridgehead atoms. The summed E-state index contributed by atoms with van der Waals surface area (Å²) in [6.45, 7) is 2.09. The minimum Gasteiger partial charge on any atom is -0.328 e. The first-order valence-corrected chi connectivity index (χ1v) is 7.54. The van der Waals surface area contributed by atoms with Gasteiger partial charge in [0.25, 0.3) is 5.91 Å². The number of hydrogen-bond donors (Lipinski definition) is 1. The first kappa shape index (κ1) is 19.1. The molecule has 3 aromatic heterocycles. The molecule has 1 saturated heterocycles. The normalized spacial score (nSPS) is 16.8. The summed E-state index contributed by atoms with van der Waals surface area (Å²) in [6.07, 6.45) is 10.4. The molecule has 132 valence electrons. The molecular formula is C16H18Cl2N6O. The lowest BCUT2D eigenvalue weighted by atomic mass is 10.0. The number of nitrogens with one attached hydrogen (secondary N) is 1. The number of aromatic nitrogens is 4. The first-order chi connectivity index (χ1) is 11.3. The zero-order valence-electron chi connectivity index (χ0n) is 13.3. The van der Waals surface area contributed by atoms with Crippen LogP contribution in [0.15, 0.2) is 49.3 Å². The molecule has 9 heteroatoms. The van der Waals surface area contributed by atoms with E-state index >= 15 is 0 Å². The van der Waals surface area contributed by atoms with Crippen LogP contribution in [0.2, 0.25) is 0 Å². The summed E-state index contributed by atoms with van der Waals surface area (Å²) >= 11 is 0. The van der Waals surface area contributed by atoms with Gasteiger partial charge in [-0.05, 0) is 11.6 Å². The summed E-state index contributed by atoms with van der Waals surface area (Å²) in [5.74, 6) is -0.0999. The van der Waals surface area contributed by atoms with Crippen LogP contribution in [-0.2, 0) is 0 Å². The van der Waals surface area contributed by atoms with E-state index in [-0.39, 0.29) is 36.8 Å². The van der Waals surface area contributed by atoms with Gasteiger partial charge < -0.3 is 14.6 Å². The highest BCUT2D eigenvalue weighted by molar-refractivity contribution is 5.98. The Morgan fingerprint density at radius 2 is 1.96 bits per heavy atom. The number of pyridine rings is 1. The molecule has 3 aromatic rings. The van der Waals surface area contributed by atoms with E-state index in [4.69, 9.17) is 0 Å². The molecule has 1 aliphatic heterocycles. The standard InChI is InChI=1S/C16H16N6O.2ClH/c23-16(14-15-20-6-8-21(15)7-5-19-14)22-9-4-18-11-13(22)12-2-1-3-17-10-12;;/h1-3,5-8,10,13,18H,4,9,11H2;2*1H. The molecule has 0 radical (unpaired) electrons. The number of fused-ring (bicyclic) bond motifs is 1. The Kier molecular flexibility index (Phi) is 6.30. The number of rotatable bonds is 2. The lowest BCUT2D eigenvalue weighted by molar-refractivity contribution is 0.0629. The number of piperazine rings is 1. The maximum atomic E-state index is 13.1. The number of carbonyl (C=O) groups is 1. The van der Waals surface area contributed by atoms with E-state index in [0.717, 1.165) is 12.1 Å². The second-order valence-electron chi connectivity index (χ2n) is 5.44. The van der Waals surface area contributed by atoms with Crippen molar-refractivity contribution in [2.24, 2.45) is 0 Å². The number of hydrogen-bond acceptors (Lipinski definition) is 5. The average molecular weight is 381 g/mol. The van der Waals surface area contributed by atoms with Crippen molar-refractivity contribution in [2.75, 3.05) is 19.6 Å². The van der Waals surface area contributed by atoms with Crippen molar-refractivity contribution in [3.05, 3.63) is 60.6 Å². The van der Waals surface area contributed by atoms with Gasteiger partial charge in [0.1, 0.15) is 0 Å². The third-order valence-electron chi connectivity index (χ3n) is 4.09. The number of imidazole rings is 1. The second kappa shape index (κ2) is 8.24. The molecule has 1 atom stereocenters. The van der Waals surface area contributed by atoms with E-state index in [0.29, 0.717) is 24.4 Å². The predicted octanol–water partition coefficient (Wildman–Crippen LogP) is 1.75. The number of amides is 1. The van der Waals surface area contributed by atoms with E-state index in [1.54, 1.807) is 24.8 Å². The highest BCUT2D eigenvalue weighted by atomic mass is 35.5. The average Bonchev–Trinajstić information content (AvgIpc) is 3.10. The fourth-order valence-electron chi connectivity index (χ4n) is 2.96. The third-order valence-corrected chi connectivity index (χ3v) is 4.09. The van der Waals surface area contributed by atoms with Crippen molar-refractivity contribution >= 4 is 36.4 Å². The van der Waals surface area contributed by atoms with E-state index < -0.39 is 0 Å². The lowest BCUT2D eigenvalue weighted by Gasteiger charge is -2.36. The van der Waals surface area contributed by atoms with Gasteiger partial charge in [-0.1, -0.05) is 6.07 Å². The quantitative estimate of drug-likeness (QED) is 0.732. The summed E-state index contributed by atoms with van der Waals surface area (Å²) in [5, 5.41) is 3.34.